The lowest BCUT2D eigenvalue weighted by atomic mass is 10.1. The number of carboxylic acids is 1. The molecular weight excluding hydrogens is 360 g/mol. The predicted molar refractivity (Wildman–Crippen MR) is 105 cm³/mol. The summed E-state index contributed by atoms with van der Waals surface area (Å²) in [6, 6.07) is 11.3. The summed E-state index contributed by atoms with van der Waals surface area (Å²) in [5, 5.41) is 15.3. The summed E-state index contributed by atoms with van der Waals surface area (Å²) in [7, 11) is 1.90. The van der Waals surface area contributed by atoms with E-state index < -0.39 is 5.97 Å². The molecule has 136 valence electrons. The number of fused-ring (bicyclic) bond motifs is 1. The van der Waals surface area contributed by atoms with Gasteiger partial charge in [-0.2, -0.15) is 5.10 Å². The molecule has 0 aliphatic rings. The number of carboxylic acid groups (broad SMARTS) is 1. The molecule has 4 aromatic rings. The van der Waals surface area contributed by atoms with Crippen LogP contribution in [0.3, 0.4) is 0 Å². The average molecular weight is 378 g/mol. The molecule has 0 spiro atoms. The zero-order valence-electron chi connectivity index (χ0n) is 15.2. The van der Waals surface area contributed by atoms with Gasteiger partial charge in [-0.05, 0) is 37.6 Å². The summed E-state index contributed by atoms with van der Waals surface area (Å²) < 4.78 is 3.96. The molecule has 0 radical (unpaired) electrons. The van der Waals surface area contributed by atoms with Crippen molar-refractivity contribution in [3.63, 3.8) is 0 Å². The maximum atomic E-state index is 11.2. The van der Waals surface area contributed by atoms with Crippen molar-refractivity contribution in [2.45, 2.75) is 23.8 Å². The summed E-state index contributed by atoms with van der Waals surface area (Å²) in [6.45, 7) is 4.15. The molecule has 0 unspecified atom stereocenters. The van der Waals surface area contributed by atoms with Gasteiger partial charge in [0.05, 0.1) is 17.4 Å². The number of benzene rings is 1. The van der Waals surface area contributed by atoms with Crippen molar-refractivity contribution in [3.8, 4) is 5.69 Å². The fourth-order valence-corrected chi connectivity index (χ4v) is 4.38. The Hall–Kier alpha value is -3.06. The van der Waals surface area contributed by atoms with E-state index in [0.29, 0.717) is 5.03 Å². The maximum Gasteiger partial charge on any atom is 0.354 e. The van der Waals surface area contributed by atoms with Gasteiger partial charge < -0.3 is 9.67 Å². The number of carbonyl (C=O) groups is 1. The number of pyridine rings is 1. The van der Waals surface area contributed by atoms with Crippen LogP contribution in [-0.2, 0) is 7.05 Å². The van der Waals surface area contributed by atoms with Crippen molar-refractivity contribution in [1.29, 1.82) is 0 Å². The second-order valence-electron chi connectivity index (χ2n) is 6.36. The second kappa shape index (κ2) is 6.59. The fraction of sp³-hybridized carbons (Fsp3) is 0.150. The molecule has 0 saturated heterocycles. The quantitative estimate of drug-likeness (QED) is 0.575. The average Bonchev–Trinajstić information content (AvgIpc) is 3.17. The first-order valence-electron chi connectivity index (χ1n) is 8.43. The van der Waals surface area contributed by atoms with Gasteiger partial charge in [-0.25, -0.2) is 9.78 Å². The standard InChI is InChI=1S/C20H18N4O2S/c1-12-6-4-8-16-18(12)19(13(2)24(16)14-10-21-23(3)11-14)27-17-9-5-7-15(22-17)20(25)26/h4-11H,1-3H3,(H,25,26). The lowest BCUT2D eigenvalue weighted by Crippen LogP contribution is -2.00. The molecule has 1 N–H and O–H groups in total. The number of nitrogens with zero attached hydrogens (tertiary/aromatic N) is 4. The summed E-state index contributed by atoms with van der Waals surface area (Å²) in [5.41, 5.74) is 4.36. The van der Waals surface area contributed by atoms with Crippen LogP contribution < -0.4 is 0 Å². The molecule has 0 bridgehead atoms. The summed E-state index contributed by atoms with van der Waals surface area (Å²) >= 11 is 1.49. The minimum atomic E-state index is -1.02. The van der Waals surface area contributed by atoms with Gasteiger partial charge in [0.25, 0.3) is 0 Å². The molecule has 3 heterocycles. The Kier molecular flexibility index (Phi) is 4.24. The Labute approximate surface area is 160 Å². The largest absolute Gasteiger partial charge is 0.477 e. The fourth-order valence-electron chi connectivity index (χ4n) is 3.27. The van der Waals surface area contributed by atoms with Crippen LogP contribution in [0.5, 0.6) is 0 Å². The Bertz CT molecular complexity index is 1180. The number of hydrogen-bond donors (Lipinski definition) is 1. The third kappa shape index (κ3) is 3.00. The molecule has 1 aromatic carbocycles. The smallest absolute Gasteiger partial charge is 0.354 e. The van der Waals surface area contributed by atoms with Crippen LogP contribution in [0.15, 0.2) is 58.7 Å². The van der Waals surface area contributed by atoms with Crippen molar-refractivity contribution >= 4 is 28.6 Å². The molecule has 3 aromatic heterocycles. The molecule has 4 rings (SSSR count). The van der Waals surface area contributed by atoms with Crippen molar-refractivity contribution in [3.05, 3.63) is 65.7 Å². The number of hydrogen-bond acceptors (Lipinski definition) is 4. The van der Waals surface area contributed by atoms with E-state index in [1.165, 1.54) is 17.8 Å². The third-order valence-corrected chi connectivity index (χ3v) is 5.62. The lowest BCUT2D eigenvalue weighted by molar-refractivity contribution is 0.0689. The van der Waals surface area contributed by atoms with Crippen LogP contribution in [0.4, 0.5) is 0 Å². The Morgan fingerprint density at radius 1 is 1.15 bits per heavy atom. The molecule has 7 heteroatoms. The molecule has 0 saturated carbocycles. The van der Waals surface area contributed by atoms with Crippen molar-refractivity contribution in [1.82, 2.24) is 19.3 Å². The van der Waals surface area contributed by atoms with Crippen LogP contribution in [0.25, 0.3) is 16.6 Å². The molecule has 6 nitrogen and oxygen atoms in total. The third-order valence-electron chi connectivity index (χ3n) is 4.48. The lowest BCUT2D eigenvalue weighted by Gasteiger charge is -2.06. The summed E-state index contributed by atoms with van der Waals surface area (Å²) in [5.74, 6) is -1.02. The number of aromatic carboxylic acids is 1. The maximum absolute atomic E-state index is 11.2. The number of aromatic nitrogens is 4. The van der Waals surface area contributed by atoms with E-state index in [9.17, 15) is 9.90 Å². The van der Waals surface area contributed by atoms with E-state index in [1.807, 2.05) is 31.6 Å². The highest BCUT2D eigenvalue weighted by molar-refractivity contribution is 7.99. The highest BCUT2D eigenvalue weighted by atomic mass is 32.2. The highest BCUT2D eigenvalue weighted by Crippen LogP contribution is 2.40. The molecular formula is C20H18N4O2S. The van der Waals surface area contributed by atoms with E-state index in [0.717, 1.165) is 32.7 Å². The normalized spacial score (nSPS) is 11.2. The SMILES string of the molecule is Cc1cccc2c1c(Sc1cccc(C(=O)O)n1)c(C)n2-c1cnn(C)c1. The van der Waals surface area contributed by atoms with E-state index in [1.54, 1.807) is 10.7 Å². The van der Waals surface area contributed by atoms with Crippen LogP contribution in [-0.4, -0.2) is 30.4 Å². The van der Waals surface area contributed by atoms with Crippen LogP contribution in [0, 0.1) is 13.8 Å². The van der Waals surface area contributed by atoms with Crippen LogP contribution >= 0.6 is 11.8 Å². The van der Waals surface area contributed by atoms with Gasteiger partial charge in [0.15, 0.2) is 0 Å². The van der Waals surface area contributed by atoms with Gasteiger partial charge in [-0.15, -0.1) is 0 Å². The molecule has 0 atom stereocenters. The van der Waals surface area contributed by atoms with E-state index in [2.05, 4.69) is 40.6 Å². The van der Waals surface area contributed by atoms with Crippen molar-refractivity contribution < 1.29 is 9.90 Å². The molecule has 0 fully saturated rings. The first-order chi connectivity index (χ1) is 13.0. The minimum Gasteiger partial charge on any atom is -0.477 e. The zero-order valence-corrected chi connectivity index (χ0v) is 16.0. The van der Waals surface area contributed by atoms with E-state index in [-0.39, 0.29) is 5.69 Å². The first kappa shape index (κ1) is 17.4. The van der Waals surface area contributed by atoms with Crippen LogP contribution in [0.1, 0.15) is 21.7 Å². The molecule has 0 aliphatic heterocycles. The highest BCUT2D eigenvalue weighted by Gasteiger charge is 2.19. The summed E-state index contributed by atoms with van der Waals surface area (Å²) in [4.78, 5) is 16.6. The molecule has 27 heavy (non-hydrogen) atoms. The molecule has 0 amide bonds. The van der Waals surface area contributed by atoms with Gasteiger partial charge in [0.1, 0.15) is 10.7 Å². The number of rotatable bonds is 4. The summed E-state index contributed by atoms with van der Waals surface area (Å²) in [6.07, 6.45) is 3.82. The van der Waals surface area contributed by atoms with E-state index >= 15 is 0 Å². The van der Waals surface area contributed by atoms with E-state index in [4.69, 9.17) is 0 Å². The van der Waals surface area contributed by atoms with Gasteiger partial charge in [0, 0.05) is 29.2 Å². The second-order valence-corrected chi connectivity index (χ2v) is 7.39. The van der Waals surface area contributed by atoms with Crippen molar-refractivity contribution in [2.75, 3.05) is 0 Å². The minimum absolute atomic E-state index is 0.0466. The zero-order chi connectivity index (χ0) is 19.1. The Morgan fingerprint density at radius 3 is 2.63 bits per heavy atom. The van der Waals surface area contributed by atoms with Gasteiger partial charge >= 0.3 is 5.97 Å². The van der Waals surface area contributed by atoms with Gasteiger partial charge in [0.2, 0.25) is 0 Å². The van der Waals surface area contributed by atoms with Gasteiger partial charge in [-0.3, -0.25) is 4.68 Å². The Balaban J connectivity index is 1.92. The van der Waals surface area contributed by atoms with Crippen molar-refractivity contribution in [2.24, 2.45) is 7.05 Å². The number of aryl methyl sites for hydroxylation is 2. The Morgan fingerprint density at radius 2 is 1.93 bits per heavy atom. The first-order valence-corrected chi connectivity index (χ1v) is 9.25. The molecule has 0 aliphatic carbocycles. The topological polar surface area (TPSA) is 72.9 Å². The van der Waals surface area contributed by atoms with Crippen LogP contribution in [0.2, 0.25) is 0 Å². The predicted octanol–water partition coefficient (Wildman–Crippen LogP) is 4.23. The van der Waals surface area contributed by atoms with Gasteiger partial charge in [-0.1, -0.05) is 30.0 Å². The monoisotopic (exact) mass is 378 g/mol.